The zero-order valence-corrected chi connectivity index (χ0v) is 14.3. The first kappa shape index (κ1) is 17.9. The van der Waals surface area contributed by atoms with Crippen molar-refractivity contribution in [3.05, 3.63) is 69.9 Å². The number of carbonyl (C=O) groups is 1. The zero-order valence-electron chi connectivity index (χ0n) is 14.3. The summed E-state index contributed by atoms with van der Waals surface area (Å²) in [6.07, 6.45) is -0.112. The molecule has 3 aromatic rings. The van der Waals surface area contributed by atoms with Crippen molar-refractivity contribution < 1.29 is 14.5 Å². The van der Waals surface area contributed by atoms with E-state index in [0.29, 0.717) is 29.6 Å². The molecule has 0 radical (unpaired) electrons. The van der Waals surface area contributed by atoms with E-state index < -0.39 is 11.0 Å². The second kappa shape index (κ2) is 8.49. The van der Waals surface area contributed by atoms with Gasteiger partial charge in [0.05, 0.1) is 10.4 Å². The molecular weight excluding hydrogens is 348 g/mol. The molecule has 0 aliphatic carbocycles. The number of nitro benzene ring substituents is 1. The van der Waals surface area contributed by atoms with E-state index in [1.807, 2.05) is 30.3 Å². The third-order valence-electron chi connectivity index (χ3n) is 3.69. The molecule has 136 valence electrons. The van der Waals surface area contributed by atoms with Gasteiger partial charge in [-0.05, 0) is 17.6 Å². The average Bonchev–Trinajstić information content (AvgIpc) is 3.09. The number of nitrogens with zero attached hydrogens (tertiary/aromatic N) is 2. The summed E-state index contributed by atoms with van der Waals surface area (Å²) in [5.74, 6) is 5.78. The third kappa shape index (κ3) is 4.83. The number of rotatable bonds is 5. The van der Waals surface area contributed by atoms with E-state index in [9.17, 15) is 14.9 Å². The smallest absolute Gasteiger partial charge is 0.407 e. The second-order valence-corrected chi connectivity index (χ2v) is 5.60. The standard InChI is InChI=1S/C19H16N4O4/c24-19(27-13-14-6-2-1-3-7-14)20-11-5-4-8-17-16-12-15(23(25)26)9-10-18(16)22-21-17/h1-3,6-7,9-10,12H,5,11,13H2,(H,20,24)(H,21,22). The monoisotopic (exact) mass is 364 g/mol. The first-order valence-corrected chi connectivity index (χ1v) is 8.19. The van der Waals surface area contributed by atoms with Crippen LogP contribution in [0.15, 0.2) is 48.5 Å². The summed E-state index contributed by atoms with van der Waals surface area (Å²) in [4.78, 5) is 22.0. The summed E-state index contributed by atoms with van der Waals surface area (Å²) in [6, 6.07) is 13.8. The number of carbonyl (C=O) groups excluding carboxylic acids is 1. The maximum Gasteiger partial charge on any atom is 0.407 e. The number of aromatic nitrogens is 2. The number of amides is 1. The van der Waals surface area contributed by atoms with Crippen LogP contribution in [-0.2, 0) is 11.3 Å². The molecule has 0 aliphatic heterocycles. The van der Waals surface area contributed by atoms with Crippen LogP contribution in [0.5, 0.6) is 0 Å². The summed E-state index contributed by atoms with van der Waals surface area (Å²) in [5.41, 5.74) is 2.00. The minimum absolute atomic E-state index is 0.0187. The molecule has 0 fully saturated rings. The second-order valence-electron chi connectivity index (χ2n) is 5.60. The molecule has 0 unspecified atom stereocenters. The number of H-pyrrole nitrogens is 1. The fraction of sp³-hybridized carbons (Fsp3) is 0.158. The van der Waals surface area contributed by atoms with Gasteiger partial charge < -0.3 is 10.1 Å². The summed E-state index contributed by atoms with van der Waals surface area (Å²) in [5, 5.41) is 20.9. The lowest BCUT2D eigenvalue weighted by molar-refractivity contribution is -0.384. The van der Waals surface area contributed by atoms with E-state index in [2.05, 4.69) is 27.4 Å². The highest BCUT2D eigenvalue weighted by Crippen LogP contribution is 2.21. The fourth-order valence-corrected chi connectivity index (χ4v) is 2.36. The van der Waals surface area contributed by atoms with Crippen molar-refractivity contribution in [3.8, 4) is 11.8 Å². The van der Waals surface area contributed by atoms with Crippen LogP contribution < -0.4 is 5.32 Å². The topological polar surface area (TPSA) is 110 Å². The lowest BCUT2D eigenvalue weighted by atomic mass is 10.2. The van der Waals surface area contributed by atoms with Gasteiger partial charge in [0, 0.05) is 30.5 Å². The van der Waals surface area contributed by atoms with Gasteiger partial charge in [-0.25, -0.2) is 4.79 Å². The molecule has 2 N–H and O–H groups in total. The number of ether oxygens (including phenoxy) is 1. The van der Waals surface area contributed by atoms with Crippen LogP contribution in [0.2, 0.25) is 0 Å². The lowest BCUT2D eigenvalue weighted by Crippen LogP contribution is -2.24. The van der Waals surface area contributed by atoms with Gasteiger partial charge in [-0.2, -0.15) is 5.10 Å². The van der Waals surface area contributed by atoms with E-state index in [0.717, 1.165) is 5.56 Å². The van der Waals surface area contributed by atoms with E-state index in [1.54, 1.807) is 6.07 Å². The Hall–Kier alpha value is -3.86. The molecule has 0 atom stereocenters. The van der Waals surface area contributed by atoms with Crippen LogP contribution in [-0.4, -0.2) is 27.8 Å². The number of non-ortho nitro benzene ring substituents is 1. The molecule has 8 nitrogen and oxygen atoms in total. The molecule has 3 rings (SSSR count). The quantitative estimate of drug-likeness (QED) is 0.313. The first-order chi connectivity index (χ1) is 13.1. The number of benzene rings is 2. The molecule has 0 aliphatic rings. The Morgan fingerprint density at radius 2 is 2.07 bits per heavy atom. The van der Waals surface area contributed by atoms with Crippen molar-refractivity contribution in [2.45, 2.75) is 13.0 Å². The SMILES string of the molecule is O=C(NCCC#Cc1[nH]nc2ccc([N+](=O)[O-])cc12)OCc1ccccc1. The van der Waals surface area contributed by atoms with Gasteiger partial charge in [-0.1, -0.05) is 36.3 Å². The van der Waals surface area contributed by atoms with Crippen molar-refractivity contribution >= 4 is 22.7 Å². The number of alkyl carbamates (subject to hydrolysis) is 1. The van der Waals surface area contributed by atoms with Gasteiger partial charge in [-0.15, -0.1) is 0 Å². The van der Waals surface area contributed by atoms with Crippen molar-refractivity contribution in [1.29, 1.82) is 0 Å². The Labute approximate surface area is 154 Å². The Bertz CT molecular complexity index is 1020. The van der Waals surface area contributed by atoms with Gasteiger partial charge in [0.15, 0.2) is 0 Å². The molecule has 1 heterocycles. The van der Waals surface area contributed by atoms with E-state index in [-0.39, 0.29) is 12.3 Å². The van der Waals surface area contributed by atoms with Crippen molar-refractivity contribution in [3.63, 3.8) is 0 Å². The molecule has 8 heteroatoms. The molecule has 1 amide bonds. The summed E-state index contributed by atoms with van der Waals surface area (Å²) >= 11 is 0. The minimum atomic E-state index is -0.511. The summed E-state index contributed by atoms with van der Waals surface area (Å²) in [7, 11) is 0. The molecule has 0 bridgehead atoms. The van der Waals surface area contributed by atoms with Crippen LogP contribution in [0, 0.1) is 22.0 Å². The van der Waals surface area contributed by atoms with Crippen molar-refractivity contribution in [2.75, 3.05) is 6.54 Å². The fourth-order valence-electron chi connectivity index (χ4n) is 2.36. The number of fused-ring (bicyclic) bond motifs is 1. The van der Waals surface area contributed by atoms with Crippen molar-refractivity contribution in [1.82, 2.24) is 15.5 Å². The first-order valence-electron chi connectivity index (χ1n) is 8.19. The van der Waals surface area contributed by atoms with Gasteiger partial charge in [-0.3, -0.25) is 15.2 Å². The lowest BCUT2D eigenvalue weighted by Gasteiger charge is -2.05. The highest BCUT2D eigenvalue weighted by molar-refractivity contribution is 5.86. The van der Waals surface area contributed by atoms with Crippen molar-refractivity contribution in [2.24, 2.45) is 0 Å². The molecule has 0 spiro atoms. The number of aromatic amines is 1. The molecule has 1 aromatic heterocycles. The average molecular weight is 364 g/mol. The molecule has 0 saturated carbocycles. The summed E-state index contributed by atoms with van der Waals surface area (Å²) < 4.78 is 5.10. The normalized spacial score (nSPS) is 10.1. The Kier molecular flexibility index (Phi) is 5.64. The van der Waals surface area contributed by atoms with Gasteiger partial charge in [0.2, 0.25) is 0 Å². The number of hydrogen-bond acceptors (Lipinski definition) is 5. The number of nitrogens with one attached hydrogen (secondary N) is 2. The maximum absolute atomic E-state index is 11.6. The van der Waals surface area contributed by atoms with Crippen LogP contribution in [0.25, 0.3) is 10.9 Å². The van der Waals surface area contributed by atoms with Crippen LogP contribution in [0.1, 0.15) is 17.7 Å². The van der Waals surface area contributed by atoms with Gasteiger partial charge >= 0.3 is 6.09 Å². The predicted octanol–water partition coefficient (Wildman–Crippen LogP) is 3.14. The van der Waals surface area contributed by atoms with E-state index in [4.69, 9.17) is 4.74 Å². The highest BCUT2D eigenvalue weighted by atomic mass is 16.6. The predicted molar refractivity (Wildman–Crippen MR) is 98.9 cm³/mol. The largest absolute Gasteiger partial charge is 0.445 e. The number of nitro groups is 1. The maximum atomic E-state index is 11.6. The van der Waals surface area contributed by atoms with Gasteiger partial charge in [0.25, 0.3) is 5.69 Å². The molecular formula is C19H16N4O4. The highest BCUT2D eigenvalue weighted by Gasteiger charge is 2.10. The Morgan fingerprint density at radius 1 is 1.26 bits per heavy atom. The minimum Gasteiger partial charge on any atom is -0.445 e. The van der Waals surface area contributed by atoms with Crippen LogP contribution >= 0.6 is 0 Å². The van der Waals surface area contributed by atoms with Gasteiger partial charge in [0.1, 0.15) is 12.3 Å². The zero-order chi connectivity index (χ0) is 19.1. The Morgan fingerprint density at radius 3 is 2.85 bits per heavy atom. The van der Waals surface area contributed by atoms with Crippen LogP contribution in [0.3, 0.4) is 0 Å². The Balaban J connectivity index is 1.49. The molecule has 2 aromatic carbocycles. The van der Waals surface area contributed by atoms with E-state index >= 15 is 0 Å². The summed E-state index contributed by atoms with van der Waals surface area (Å²) in [6.45, 7) is 0.532. The molecule has 0 saturated heterocycles. The molecule has 27 heavy (non-hydrogen) atoms. The van der Waals surface area contributed by atoms with E-state index in [1.165, 1.54) is 12.1 Å². The third-order valence-corrected chi connectivity index (χ3v) is 3.69. The van der Waals surface area contributed by atoms with Crippen LogP contribution in [0.4, 0.5) is 10.5 Å². The number of hydrogen-bond donors (Lipinski definition) is 2.